The van der Waals surface area contributed by atoms with Crippen LogP contribution < -0.4 is 9.64 Å². The van der Waals surface area contributed by atoms with Crippen LogP contribution in [-0.2, 0) is 17.6 Å². The average Bonchev–Trinajstić information content (AvgIpc) is 3.34. The Morgan fingerprint density at radius 3 is 2.38 bits per heavy atom. The van der Waals surface area contributed by atoms with Crippen molar-refractivity contribution in [3.8, 4) is 5.75 Å². The van der Waals surface area contributed by atoms with Crippen LogP contribution in [0.15, 0.2) is 58.3 Å². The number of aromatic nitrogens is 1. The summed E-state index contributed by atoms with van der Waals surface area (Å²) >= 11 is 2.93. The van der Waals surface area contributed by atoms with Crippen LogP contribution in [0.2, 0.25) is 0 Å². The highest BCUT2D eigenvalue weighted by atomic mass is 32.2. The zero-order chi connectivity index (χ0) is 23.9. The first-order valence-corrected chi connectivity index (χ1v) is 13.3. The van der Waals surface area contributed by atoms with E-state index in [9.17, 15) is 9.59 Å². The molecule has 1 aromatic heterocycles. The van der Waals surface area contributed by atoms with Crippen molar-refractivity contribution in [3.05, 3.63) is 70.7 Å². The molecule has 1 aliphatic heterocycles. The third kappa shape index (κ3) is 6.18. The van der Waals surface area contributed by atoms with Gasteiger partial charge in [0.15, 0.2) is 10.1 Å². The number of thiazole rings is 1. The Balaban J connectivity index is 1.23. The van der Waals surface area contributed by atoms with E-state index in [1.165, 1.54) is 28.7 Å². The van der Waals surface area contributed by atoms with Gasteiger partial charge in [0.25, 0.3) is 0 Å². The molecule has 0 N–H and O–H groups in total. The van der Waals surface area contributed by atoms with Crippen LogP contribution in [0.5, 0.6) is 5.75 Å². The lowest BCUT2D eigenvalue weighted by molar-refractivity contribution is -0.130. The lowest BCUT2D eigenvalue weighted by Gasteiger charge is -2.36. The molecule has 8 heteroatoms. The highest BCUT2D eigenvalue weighted by molar-refractivity contribution is 8.01. The summed E-state index contributed by atoms with van der Waals surface area (Å²) in [5.41, 5.74) is 3.87. The Kier molecular flexibility index (Phi) is 8.24. The molecule has 1 aliphatic rings. The minimum Gasteiger partial charge on any atom is -0.497 e. The highest BCUT2D eigenvalue weighted by Crippen LogP contribution is 2.25. The van der Waals surface area contributed by atoms with Gasteiger partial charge in [-0.25, -0.2) is 4.98 Å². The SMILES string of the molecule is CCc1ccc(C(=O)CSc2nc(CC(=O)N3CCN(c4ccc(OC)cc4)CC3)cs2)cc1. The summed E-state index contributed by atoms with van der Waals surface area (Å²) in [5.74, 6) is 1.38. The molecular weight excluding hydrogens is 466 g/mol. The Morgan fingerprint density at radius 2 is 1.74 bits per heavy atom. The van der Waals surface area contributed by atoms with Crippen LogP contribution in [0.4, 0.5) is 5.69 Å². The van der Waals surface area contributed by atoms with Gasteiger partial charge in [0.2, 0.25) is 5.91 Å². The van der Waals surface area contributed by atoms with Crippen LogP contribution in [0, 0.1) is 0 Å². The number of benzene rings is 2. The maximum Gasteiger partial charge on any atom is 0.228 e. The largest absolute Gasteiger partial charge is 0.497 e. The van der Waals surface area contributed by atoms with Gasteiger partial charge in [0.1, 0.15) is 5.75 Å². The van der Waals surface area contributed by atoms with Gasteiger partial charge in [-0.3, -0.25) is 9.59 Å². The first-order chi connectivity index (χ1) is 16.6. The van der Waals surface area contributed by atoms with Crippen molar-refractivity contribution in [2.75, 3.05) is 43.9 Å². The van der Waals surface area contributed by atoms with Crippen LogP contribution in [0.3, 0.4) is 0 Å². The summed E-state index contributed by atoms with van der Waals surface area (Å²) in [6.07, 6.45) is 1.26. The quantitative estimate of drug-likeness (QED) is 0.320. The van der Waals surface area contributed by atoms with Gasteiger partial charge in [0, 0.05) is 42.8 Å². The predicted molar refractivity (Wildman–Crippen MR) is 138 cm³/mol. The number of ketones is 1. The fourth-order valence-corrected chi connectivity index (χ4v) is 5.59. The zero-order valence-electron chi connectivity index (χ0n) is 19.5. The molecule has 178 valence electrons. The summed E-state index contributed by atoms with van der Waals surface area (Å²) < 4.78 is 6.05. The average molecular weight is 496 g/mol. The number of anilines is 1. The van der Waals surface area contributed by atoms with E-state index in [2.05, 4.69) is 28.9 Å². The number of hydrogen-bond donors (Lipinski definition) is 0. The van der Waals surface area contributed by atoms with E-state index in [-0.39, 0.29) is 11.7 Å². The van der Waals surface area contributed by atoms with Crippen LogP contribution >= 0.6 is 23.1 Å². The summed E-state index contributed by atoms with van der Waals surface area (Å²) in [4.78, 5) is 34.0. The van der Waals surface area contributed by atoms with Gasteiger partial charge in [-0.2, -0.15) is 0 Å². The van der Waals surface area contributed by atoms with Crippen molar-refractivity contribution in [3.63, 3.8) is 0 Å². The second-order valence-electron chi connectivity index (χ2n) is 8.11. The van der Waals surface area contributed by atoms with Crippen molar-refractivity contribution < 1.29 is 14.3 Å². The number of carbonyl (C=O) groups is 2. The molecule has 2 aromatic carbocycles. The molecule has 3 aromatic rings. The molecule has 0 atom stereocenters. The third-order valence-electron chi connectivity index (χ3n) is 5.94. The lowest BCUT2D eigenvalue weighted by atomic mass is 10.1. The van der Waals surface area contributed by atoms with Gasteiger partial charge >= 0.3 is 0 Å². The van der Waals surface area contributed by atoms with Gasteiger partial charge in [0.05, 0.1) is 25.0 Å². The fraction of sp³-hybridized carbons (Fsp3) is 0.346. The molecule has 6 nitrogen and oxygen atoms in total. The number of Topliss-reactive ketones (excluding diaryl/α,β-unsaturated/α-hetero) is 1. The van der Waals surface area contributed by atoms with Crippen molar-refractivity contribution >= 4 is 40.5 Å². The standard InChI is InChI=1S/C26H29N3O3S2/c1-3-19-4-6-20(7-5-19)24(30)18-34-26-27-21(17-33-26)16-25(31)29-14-12-28(13-15-29)22-8-10-23(32-2)11-9-22/h4-11,17H,3,12-16,18H2,1-2H3. The molecule has 1 amide bonds. The first kappa shape index (κ1) is 24.3. The number of amides is 1. The van der Waals surface area contributed by atoms with Crippen molar-refractivity contribution in [2.45, 2.75) is 24.1 Å². The maximum absolute atomic E-state index is 12.8. The Labute approximate surface area is 208 Å². The second-order valence-corrected chi connectivity index (χ2v) is 10.2. The molecule has 0 saturated carbocycles. The van der Waals surface area contributed by atoms with E-state index in [1.807, 2.05) is 46.7 Å². The molecule has 0 unspecified atom stereocenters. The predicted octanol–water partition coefficient (Wildman–Crippen LogP) is 4.58. The van der Waals surface area contributed by atoms with E-state index in [0.29, 0.717) is 25.3 Å². The van der Waals surface area contributed by atoms with E-state index >= 15 is 0 Å². The number of piperazine rings is 1. The molecular formula is C26H29N3O3S2. The van der Waals surface area contributed by atoms with Crippen molar-refractivity contribution in [1.82, 2.24) is 9.88 Å². The summed E-state index contributed by atoms with van der Waals surface area (Å²) in [7, 11) is 1.66. The Morgan fingerprint density at radius 1 is 1.03 bits per heavy atom. The molecule has 0 spiro atoms. The third-order valence-corrected chi connectivity index (χ3v) is 8.01. The van der Waals surface area contributed by atoms with Crippen LogP contribution in [-0.4, -0.2) is 60.6 Å². The van der Waals surface area contributed by atoms with E-state index in [4.69, 9.17) is 4.74 Å². The number of thioether (sulfide) groups is 1. The van der Waals surface area contributed by atoms with Crippen LogP contribution in [0.1, 0.15) is 28.5 Å². The number of nitrogens with zero attached hydrogens (tertiary/aromatic N) is 3. The topological polar surface area (TPSA) is 62.7 Å². The number of hydrogen-bond acceptors (Lipinski definition) is 7. The molecule has 0 bridgehead atoms. The Bertz CT molecular complexity index is 1110. The molecule has 0 aliphatic carbocycles. The highest BCUT2D eigenvalue weighted by Gasteiger charge is 2.22. The number of rotatable bonds is 9. The van der Waals surface area contributed by atoms with Crippen LogP contribution in [0.25, 0.3) is 0 Å². The van der Waals surface area contributed by atoms with Gasteiger partial charge in [-0.05, 0) is 36.2 Å². The van der Waals surface area contributed by atoms with E-state index < -0.39 is 0 Å². The smallest absolute Gasteiger partial charge is 0.228 e. The Hall–Kier alpha value is -2.84. The van der Waals surface area contributed by atoms with Crippen molar-refractivity contribution in [1.29, 1.82) is 0 Å². The van der Waals surface area contributed by atoms with Gasteiger partial charge < -0.3 is 14.5 Å². The number of carbonyl (C=O) groups excluding carboxylic acids is 2. The molecule has 34 heavy (non-hydrogen) atoms. The zero-order valence-corrected chi connectivity index (χ0v) is 21.2. The molecule has 1 fully saturated rings. The van der Waals surface area contributed by atoms with Gasteiger partial charge in [-0.15, -0.1) is 11.3 Å². The van der Waals surface area contributed by atoms with E-state index in [1.54, 1.807) is 7.11 Å². The molecule has 2 heterocycles. The maximum atomic E-state index is 12.8. The monoisotopic (exact) mass is 495 g/mol. The fourth-order valence-electron chi connectivity index (χ4n) is 3.85. The molecule has 0 radical (unpaired) electrons. The first-order valence-electron chi connectivity index (χ1n) is 11.4. The van der Waals surface area contributed by atoms with Crippen molar-refractivity contribution in [2.24, 2.45) is 0 Å². The minimum atomic E-state index is 0.0928. The number of ether oxygens (including phenoxy) is 1. The molecule has 4 rings (SSSR count). The lowest BCUT2D eigenvalue weighted by Crippen LogP contribution is -2.49. The number of methoxy groups -OCH3 is 1. The molecule has 1 saturated heterocycles. The number of aryl methyl sites for hydroxylation is 1. The summed E-state index contributed by atoms with van der Waals surface area (Å²) in [5, 5.41) is 1.92. The minimum absolute atomic E-state index is 0.0928. The van der Waals surface area contributed by atoms with Gasteiger partial charge in [-0.1, -0.05) is 43.0 Å². The second kappa shape index (κ2) is 11.5. The van der Waals surface area contributed by atoms with E-state index in [0.717, 1.165) is 46.5 Å². The summed E-state index contributed by atoms with van der Waals surface area (Å²) in [6.45, 7) is 5.10. The summed E-state index contributed by atoms with van der Waals surface area (Å²) in [6, 6.07) is 15.8. The normalized spacial score (nSPS) is 13.7.